The van der Waals surface area contributed by atoms with Crippen molar-refractivity contribution in [2.45, 2.75) is 13.1 Å². The highest BCUT2D eigenvalue weighted by Gasteiger charge is 2.11. The minimum atomic E-state index is -0.110. The molecule has 1 amide bonds. The number of rotatable bonds is 7. The van der Waals surface area contributed by atoms with Gasteiger partial charge in [-0.1, -0.05) is 36.4 Å². The normalized spacial score (nSPS) is 10.4. The van der Waals surface area contributed by atoms with E-state index in [1.807, 2.05) is 71.4 Å². The molecule has 0 unspecified atom stereocenters. The number of carbonyl (C=O) groups is 1. The summed E-state index contributed by atoms with van der Waals surface area (Å²) in [5, 5.41) is 2.96. The largest absolute Gasteiger partial charge is 0.493 e. The summed E-state index contributed by atoms with van der Waals surface area (Å²) >= 11 is 0. The fourth-order valence-corrected chi connectivity index (χ4v) is 2.80. The van der Waals surface area contributed by atoms with Gasteiger partial charge in [-0.05, 0) is 35.4 Å². The lowest BCUT2D eigenvalue weighted by Crippen LogP contribution is -2.25. The number of hydrogen-bond acceptors (Lipinski definition) is 3. The van der Waals surface area contributed by atoms with Gasteiger partial charge in [0.2, 0.25) is 0 Å². The van der Waals surface area contributed by atoms with E-state index < -0.39 is 0 Å². The maximum Gasteiger partial charge on any atom is 0.268 e. The molecule has 3 aromatic rings. The van der Waals surface area contributed by atoms with E-state index in [9.17, 15) is 4.79 Å². The Labute approximate surface area is 153 Å². The van der Waals surface area contributed by atoms with Crippen LogP contribution in [-0.2, 0) is 13.1 Å². The van der Waals surface area contributed by atoms with E-state index in [1.54, 1.807) is 14.2 Å². The second kappa shape index (κ2) is 8.25. The first-order valence-electron chi connectivity index (χ1n) is 8.39. The average Bonchev–Trinajstić information content (AvgIpc) is 3.14. The molecule has 134 valence electrons. The molecule has 0 spiro atoms. The minimum Gasteiger partial charge on any atom is -0.493 e. The van der Waals surface area contributed by atoms with Gasteiger partial charge in [0.15, 0.2) is 11.5 Å². The summed E-state index contributed by atoms with van der Waals surface area (Å²) in [5.74, 6) is 1.20. The maximum atomic E-state index is 12.6. The van der Waals surface area contributed by atoms with Gasteiger partial charge in [0, 0.05) is 19.3 Å². The predicted molar refractivity (Wildman–Crippen MR) is 101 cm³/mol. The summed E-state index contributed by atoms with van der Waals surface area (Å²) in [5.41, 5.74) is 2.73. The number of aromatic nitrogens is 1. The molecule has 0 saturated heterocycles. The van der Waals surface area contributed by atoms with Gasteiger partial charge >= 0.3 is 0 Å². The molecule has 0 atom stereocenters. The van der Waals surface area contributed by atoms with Crippen molar-refractivity contribution in [2.75, 3.05) is 14.2 Å². The number of nitrogens with one attached hydrogen (secondary N) is 1. The van der Waals surface area contributed by atoms with Crippen LogP contribution in [0.25, 0.3) is 0 Å². The summed E-state index contributed by atoms with van der Waals surface area (Å²) in [4.78, 5) is 12.6. The monoisotopic (exact) mass is 350 g/mol. The van der Waals surface area contributed by atoms with Gasteiger partial charge in [-0.3, -0.25) is 4.79 Å². The van der Waals surface area contributed by atoms with Crippen molar-refractivity contribution in [1.82, 2.24) is 9.88 Å². The first-order chi connectivity index (χ1) is 12.7. The Morgan fingerprint density at radius 1 is 0.923 bits per heavy atom. The second-order valence-electron chi connectivity index (χ2n) is 5.88. The number of carbonyl (C=O) groups excluding carboxylic acids is 1. The molecule has 5 nitrogen and oxygen atoms in total. The van der Waals surface area contributed by atoms with E-state index >= 15 is 0 Å². The Bertz CT molecular complexity index is 872. The molecular weight excluding hydrogens is 328 g/mol. The number of ether oxygens (including phenoxy) is 2. The number of benzene rings is 2. The third-order valence-electron chi connectivity index (χ3n) is 4.16. The first kappa shape index (κ1) is 17.6. The average molecular weight is 350 g/mol. The minimum absolute atomic E-state index is 0.110. The van der Waals surface area contributed by atoms with Gasteiger partial charge < -0.3 is 19.4 Å². The van der Waals surface area contributed by atoms with E-state index in [0.717, 1.165) is 11.1 Å². The summed E-state index contributed by atoms with van der Waals surface area (Å²) in [7, 11) is 3.19. The summed E-state index contributed by atoms with van der Waals surface area (Å²) in [6, 6.07) is 19.4. The van der Waals surface area contributed by atoms with Crippen LogP contribution in [0.1, 0.15) is 21.6 Å². The Balaban J connectivity index is 1.67. The zero-order valence-corrected chi connectivity index (χ0v) is 14.9. The molecule has 0 bridgehead atoms. The van der Waals surface area contributed by atoms with Crippen molar-refractivity contribution < 1.29 is 14.3 Å². The van der Waals surface area contributed by atoms with Gasteiger partial charge in [0.25, 0.3) is 5.91 Å². The molecule has 26 heavy (non-hydrogen) atoms. The van der Waals surface area contributed by atoms with Crippen molar-refractivity contribution in [3.05, 3.63) is 83.7 Å². The molecule has 0 radical (unpaired) electrons. The molecule has 3 rings (SSSR count). The molecule has 0 fully saturated rings. The lowest BCUT2D eigenvalue weighted by Gasteiger charge is -2.12. The zero-order chi connectivity index (χ0) is 18.4. The number of hydrogen-bond donors (Lipinski definition) is 1. The van der Waals surface area contributed by atoms with Crippen LogP contribution in [0.4, 0.5) is 0 Å². The molecule has 0 saturated carbocycles. The molecule has 1 heterocycles. The quantitative estimate of drug-likeness (QED) is 0.710. The smallest absolute Gasteiger partial charge is 0.268 e. The molecule has 0 aliphatic heterocycles. The predicted octanol–water partition coefficient (Wildman–Crippen LogP) is 3.48. The lowest BCUT2D eigenvalue weighted by atomic mass is 10.2. The highest BCUT2D eigenvalue weighted by atomic mass is 16.5. The lowest BCUT2D eigenvalue weighted by molar-refractivity contribution is 0.0942. The van der Waals surface area contributed by atoms with Crippen molar-refractivity contribution in [3.8, 4) is 11.5 Å². The van der Waals surface area contributed by atoms with Crippen molar-refractivity contribution >= 4 is 5.91 Å². The van der Waals surface area contributed by atoms with Gasteiger partial charge in [0.1, 0.15) is 5.69 Å². The van der Waals surface area contributed by atoms with Gasteiger partial charge in [0.05, 0.1) is 14.2 Å². The second-order valence-corrected chi connectivity index (χ2v) is 5.88. The van der Waals surface area contributed by atoms with Crippen molar-refractivity contribution in [2.24, 2.45) is 0 Å². The van der Waals surface area contributed by atoms with Gasteiger partial charge in [-0.15, -0.1) is 0 Å². The van der Waals surface area contributed by atoms with E-state index in [4.69, 9.17) is 9.47 Å². The topological polar surface area (TPSA) is 52.5 Å². The van der Waals surface area contributed by atoms with Gasteiger partial charge in [-0.2, -0.15) is 0 Å². The van der Waals surface area contributed by atoms with Crippen molar-refractivity contribution in [1.29, 1.82) is 0 Å². The Morgan fingerprint density at radius 2 is 1.69 bits per heavy atom. The third kappa shape index (κ3) is 4.06. The van der Waals surface area contributed by atoms with Crippen LogP contribution in [0.15, 0.2) is 66.9 Å². The summed E-state index contributed by atoms with van der Waals surface area (Å²) in [6.45, 7) is 1.07. The number of amides is 1. The first-order valence-corrected chi connectivity index (χ1v) is 8.39. The Hall–Kier alpha value is -3.21. The van der Waals surface area contributed by atoms with Crippen LogP contribution in [0.5, 0.6) is 11.5 Å². The summed E-state index contributed by atoms with van der Waals surface area (Å²) < 4.78 is 12.5. The third-order valence-corrected chi connectivity index (χ3v) is 4.16. The van der Waals surface area contributed by atoms with Crippen molar-refractivity contribution in [3.63, 3.8) is 0 Å². The molecular formula is C21H22N2O3. The summed E-state index contributed by atoms with van der Waals surface area (Å²) in [6.07, 6.45) is 1.92. The van der Waals surface area contributed by atoms with Crippen LogP contribution in [0.3, 0.4) is 0 Å². The molecule has 1 aromatic heterocycles. The number of nitrogens with zero attached hydrogens (tertiary/aromatic N) is 1. The Kier molecular flexibility index (Phi) is 5.59. The van der Waals surface area contributed by atoms with E-state index in [-0.39, 0.29) is 5.91 Å². The molecule has 5 heteroatoms. The fraction of sp³-hybridized carbons (Fsp3) is 0.190. The molecule has 1 N–H and O–H groups in total. The van der Waals surface area contributed by atoms with Crippen LogP contribution >= 0.6 is 0 Å². The number of methoxy groups -OCH3 is 2. The highest BCUT2D eigenvalue weighted by Crippen LogP contribution is 2.27. The fourth-order valence-electron chi connectivity index (χ4n) is 2.80. The maximum absolute atomic E-state index is 12.6. The van der Waals surface area contributed by atoms with E-state index in [0.29, 0.717) is 30.3 Å². The standard InChI is InChI=1S/C21H22N2O3/c1-25-19-11-10-17(13-20(19)26-2)14-22-21(24)18-9-6-12-23(18)15-16-7-4-3-5-8-16/h3-13H,14-15H2,1-2H3,(H,22,24). The van der Waals surface area contributed by atoms with Crippen LogP contribution in [0, 0.1) is 0 Å². The Morgan fingerprint density at radius 3 is 2.42 bits per heavy atom. The van der Waals surface area contributed by atoms with Crippen LogP contribution < -0.4 is 14.8 Å². The zero-order valence-electron chi connectivity index (χ0n) is 14.9. The van der Waals surface area contributed by atoms with Crippen LogP contribution in [-0.4, -0.2) is 24.7 Å². The van der Waals surface area contributed by atoms with E-state index in [2.05, 4.69) is 5.32 Å². The highest BCUT2D eigenvalue weighted by molar-refractivity contribution is 5.92. The molecule has 0 aliphatic rings. The van der Waals surface area contributed by atoms with Gasteiger partial charge in [-0.25, -0.2) is 0 Å². The van der Waals surface area contributed by atoms with Crippen LogP contribution in [0.2, 0.25) is 0 Å². The SMILES string of the molecule is COc1ccc(CNC(=O)c2cccn2Cc2ccccc2)cc1OC. The molecule has 2 aromatic carbocycles. The molecule has 0 aliphatic carbocycles. The van der Waals surface area contributed by atoms with E-state index in [1.165, 1.54) is 0 Å².